The van der Waals surface area contributed by atoms with Gasteiger partial charge in [0.1, 0.15) is 17.8 Å². The average molecular weight is 385 g/mol. The molecule has 144 valence electrons. The molecule has 2 rings (SSSR count). The number of benzene rings is 1. The van der Waals surface area contributed by atoms with Crippen molar-refractivity contribution < 1.29 is 19.1 Å². The number of methoxy groups -OCH3 is 1. The van der Waals surface area contributed by atoms with Gasteiger partial charge < -0.3 is 21.1 Å². The minimum Gasteiger partial charge on any atom is -0.497 e. The molecule has 0 saturated carbocycles. The summed E-state index contributed by atoms with van der Waals surface area (Å²) in [5, 5.41) is 5.27. The van der Waals surface area contributed by atoms with Crippen LogP contribution in [0.3, 0.4) is 0 Å². The summed E-state index contributed by atoms with van der Waals surface area (Å²) in [5.41, 5.74) is 4.61. The molecule has 1 unspecified atom stereocenters. The van der Waals surface area contributed by atoms with Crippen molar-refractivity contribution in [3.63, 3.8) is 0 Å². The van der Waals surface area contributed by atoms with E-state index in [0.29, 0.717) is 11.3 Å². The van der Waals surface area contributed by atoms with Gasteiger partial charge >= 0.3 is 6.03 Å². The Bertz CT molecular complexity index is 687. The van der Waals surface area contributed by atoms with E-state index in [1.807, 2.05) is 0 Å². The van der Waals surface area contributed by atoms with Crippen LogP contribution in [0.4, 0.5) is 4.79 Å². The van der Waals surface area contributed by atoms with E-state index < -0.39 is 28.9 Å². The van der Waals surface area contributed by atoms with E-state index in [1.54, 1.807) is 52.1 Å². The molecule has 0 spiro atoms. The predicted octanol–water partition coefficient (Wildman–Crippen LogP) is 0.738. The molecule has 26 heavy (non-hydrogen) atoms. The first kappa shape index (κ1) is 21.7. The van der Waals surface area contributed by atoms with Crippen LogP contribution < -0.4 is 21.1 Å². The van der Waals surface area contributed by atoms with Gasteiger partial charge in [-0.2, -0.15) is 0 Å². The zero-order valence-electron chi connectivity index (χ0n) is 15.3. The predicted molar refractivity (Wildman–Crippen MR) is 99.1 cm³/mol. The third kappa shape index (κ3) is 4.64. The molecular formula is C17H25ClN4O4. The molecule has 0 radical (unpaired) electrons. The Morgan fingerprint density at radius 2 is 1.88 bits per heavy atom. The van der Waals surface area contributed by atoms with Gasteiger partial charge in [-0.05, 0) is 38.5 Å². The lowest BCUT2D eigenvalue weighted by molar-refractivity contribution is -0.134. The number of nitrogens with two attached hydrogens (primary N) is 1. The van der Waals surface area contributed by atoms with Crippen LogP contribution >= 0.6 is 12.4 Å². The van der Waals surface area contributed by atoms with Gasteiger partial charge in [-0.25, -0.2) is 4.79 Å². The fourth-order valence-electron chi connectivity index (χ4n) is 2.49. The Balaban J connectivity index is 0.00000338. The van der Waals surface area contributed by atoms with Crippen molar-refractivity contribution in [2.75, 3.05) is 20.2 Å². The van der Waals surface area contributed by atoms with Crippen LogP contribution in [-0.4, -0.2) is 48.5 Å². The highest BCUT2D eigenvalue weighted by atomic mass is 35.5. The molecule has 1 saturated heterocycles. The smallest absolute Gasteiger partial charge is 0.325 e. The number of rotatable bonds is 6. The average Bonchev–Trinajstić information content (AvgIpc) is 2.77. The Labute approximate surface area is 158 Å². The van der Waals surface area contributed by atoms with Crippen LogP contribution in [0.25, 0.3) is 0 Å². The van der Waals surface area contributed by atoms with Gasteiger partial charge in [0.05, 0.1) is 7.11 Å². The molecule has 0 aliphatic carbocycles. The van der Waals surface area contributed by atoms with Crippen LogP contribution in [0.1, 0.15) is 26.3 Å². The lowest BCUT2D eigenvalue weighted by Gasteiger charge is -2.23. The molecule has 4 amide bonds. The summed E-state index contributed by atoms with van der Waals surface area (Å²) in [7, 11) is 1.54. The molecule has 0 bridgehead atoms. The summed E-state index contributed by atoms with van der Waals surface area (Å²) in [6.45, 7) is 5.02. The van der Waals surface area contributed by atoms with E-state index in [4.69, 9.17) is 10.5 Å². The number of carbonyl (C=O) groups is 3. The first-order chi connectivity index (χ1) is 11.6. The van der Waals surface area contributed by atoms with Crippen molar-refractivity contribution in [3.8, 4) is 5.75 Å². The fourth-order valence-corrected chi connectivity index (χ4v) is 2.49. The van der Waals surface area contributed by atoms with E-state index in [-0.39, 0.29) is 25.5 Å². The van der Waals surface area contributed by atoms with Gasteiger partial charge in [0.15, 0.2) is 0 Å². The number of imide groups is 1. The van der Waals surface area contributed by atoms with E-state index >= 15 is 0 Å². The van der Waals surface area contributed by atoms with E-state index in [0.717, 1.165) is 4.90 Å². The highest BCUT2D eigenvalue weighted by Gasteiger charge is 2.49. The summed E-state index contributed by atoms with van der Waals surface area (Å²) >= 11 is 0. The fraction of sp³-hybridized carbons (Fsp3) is 0.471. The molecule has 1 aliphatic rings. The summed E-state index contributed by atoms with van der Waals surface area (Å²) in [5.74, 6) is -0.282. The van der Waals surface area contributed by atoms with Gasteiger partial charge in [-0.1, -0.05) is 12.1 Å². The highest BCUT2D eigenvalue weighted by molar-refractivity contribution is 6.09. The summed E-state index contributed by atoms with van der Waals surface area (Å²) in [6, 6.07) is 6.22. The number of carbonyl (C=O) groups excluding carboxylic acids is 3. The van der Waals surface area contributed by atoms with Crippen molar-refractivity contribution >= 4 is 30.3 Å². The Morgan fingerprint density at radius 1 is 1.31 bits per heavy atom. The third-order valence-corrected chi connectivity index (χ3v) is 3.99. The SMILES string of the molecule is COc1ccc(C2(C)NC(=O)N(CC(=O)NCC(C)(C)N)C2=O)cc1.Cl. The summed E-state index contributed by atoms with van der Waals surface area (Å²) in [4.78, 5) is 37.9. The van der Waals surface area contributed by atoms with Crippen LogP contribution in [-0.2, 0) is 15.1 Å². The Hall–Kier alpha value is -2.32. The standard InChI is InChI=1S/C17H24N4O4.ClH/c1-16(2,18)10-19-13(22)9-21-14(23)17(3,20-15(21)24)11-5-7-12(25-4)8-6-11;/h5-8H,9-10,18H2,1-4H3,(H,19,22)(H,20,24);1H. The number of hydrogen-bond acceptors (Lipinski definition) is 5. The molecule has 1 atom stereocenters. The van der Waals surface area contributed by atoms with Crippen LogP contribution in [0.2, 0.25) is 0 Å². The number of ether oxygens (including phenoxy) is 1. The van der Waals surface area contributed by atoms with Crippen molar-refractivity contribution in [1.29, 1.82) is 0 Å². The lowest BCUT2D eigenvalue weighted by atomic mass is 9.92. The van der Waals surface area contributed by atoms with Crippen molar-refractivity contribution in [3.05, 3.63) is 29.8 Å². The molecule has 1 fully saturated rings. The maximum absolute atomic E-state index is 12.7. The van der Waals surface area contributed by atoms with Crippen molar-refractivity contribution in [2.45, 2.75) is 31.8 Å². The highest BCUT2D eigenvalue weighted by Crippen LogP contribution is 2.29. The lowest BCUT2D eigenvalue weighted by Crippen LogP contribution is -2.48. The maximum atomic E-state index is 12.7. The zero-order valence-corrected chi connectivity index (χ0v) is 16.1. The van der Waals surface area contributed by atoms with Crippen molar-refractivity contribution in [2.24, 2.45) is 5.73 Å². The second kappa shape index (κ2) is 7.92. The third-order valence-electron chi connectivity index (χ3n) is 3.99. The van der Waals surface area contributed by atoms with Gasteiger partial charge in [0.2, 0.25) is 5.91 Å². The Morgan fingerprint density at radius 3 is 2.38 bits per heavy atom. The van der Waals surface area contributed by atoms with Crippen LogP contribution in [0.5, 0.6) is 5.75 Å². The van der Waals surface area contributed by atoms with Crippen LogP contribution in [0, 0.1) is 0 Å². The minimum atomic E-state index is -1.23. The molecule has 1 aromatic carbocycles. The quantitative estimate of drug-likeness (QED) is 0.626. The van der Waals surface area contributed by atoms with Gasteiger partial charge in [-0.3, -0.25) is 14.5 Å². The number of urea groups is 1. The maximum Gasteiger partial charge on any atom is 0.325 e. The topological polar surface area (TPSA) is 114 Å². The second-order valence-electron chi connectivity index (χ2n) is 6.94. The summed E-state index contributed by atoms with van der Waals surface area (Å²) < 4.78 is 5.09. The van der Waals surface area contributed by atoms with E-state index in [9.17, 15) is 14.4 Å². The molecule has 1 aliphatic heterocycles. The van der Waals surface area contributed by atoms with E-state index in [2.05, 4.69) is 10.6 Å². The number of amides is 4. The first-order valence-corrected chi connectivity index (χ1v) is 7.91. The molecule has 4 N–H and O–H groups in total. The zero-order chi connectivity index (χ0) is 18.8. The van der Waals surface area contributed by atoms with Crippen molar-refractivity contribution in [1.82, 2.24) is 15.5 Å². The first-order valence-electron chi connectivity index (χ1n) is 7.91. The Kier molecular flexibility index (Phi) is 6.62. The van der Waals surface area contributed by atoms with Gasteiger partial charge in [0, 0.05) is 12.1 Å². The number of nitrogens with one attached hydrogen (secondary N) is 2. The monoisotopic (exact) mass is 384 g/mol. The number of nitrogens with zero attached hydrogens (tertiary/aromatic N) is 1. The second-order valence-corrected chi connectivity index (χ2v) is 6.94. The van der Waals surface area contributed by atoms with Gasteiger partial charge in [-0.15, -0.1) is 12.4 Å². The molecule has 1 aromatic rings. The number of hydrogen-bond donors (Lipinski definition) is 3. The molecule has 9 heteroatoms. The normalized spacial score (nSPS) is 19.7. The largest absolute Gasteiger partial charge is 0.497 e. The van der Waals surface area contributed by atoms with E-state index in [1.165, 1.54) is 0 Å². The number of halogens is 1. The molecular weight excluding hydrogens is 360 g/mol. The summed E-state index contributed by atoms with van der Waals surface area (Å²) in [6.07, 6.45) is 0. The molecule has 8 nitrogen and oxygen atoms in total. The van der Waals surface area contributed by atoms with Gasteiger partial charge in [0.25, 0.3) is 5.91 Å². The molecule has 0 aromatic heterocycles. The van der Waals surface area contributed by atoms with Crippen LogP contribution in [0.15, 0.2) is 24.3 Å². The molecule has 1 heterocycles. The minimum absolute atomic E-state index is 0.